The van der Waals surface area contributed by atoms with E-state index in [1.165, 1.54) is 0 Å². The van der Waals surface area contributed by atoms with Gasteiger partial charge in [-0.05, 0) is 12.1 Å². The van der Waals surface area contributed by atoms with E-state index in [9.17, 15) is 0 Å². The van der Waals surface area contributed by atoms with Crippen LogP contribution in [0.4, 0.5) is 0 Å². The molecule has 2 aromatic rings. The maximum absolute atomic E-state index is 8.82. The van der Waals surface area contributed by atoms with Crippen molar-refractivity contribution >= 4 is 11.0 Å². The predicted octanol–water partition coefficient (Wildman–Crippen LogP) is 0.820. The molecule has 0 saturated heterocycles. The van der Waals surface area contributed by atoms with Crippen molar-refractivity contribution in [3.63, 3.8) is 0 Å². The van der Waals surface area contributed by atoms with E-state index < -0.39 is 6.04 Å². The van der Waals surface area contributed by atoms with E-state index in [4.69, 9.17) is 15.3 Å². The molecule has 1 atom stereocenters. The molecule has 3 N–H and O–H groups in total. The van der Waals surface area contributed by atoms with Crippen molar-refractivity contribution in [2.24, 2.45) is 5.73 Å². The van der Waals surface area contributed by atoms with Gasteiger partial charge < -0.3 is 15.3 Å². The van der Waals surface area contributed by atoms with Crippen molar-refractivity contribution in [3.05, 3.63) is 30.3 Å². The Balaban J connectivity index is 2.48. The van der Waals surface area contributed by atoms with Gasteiger partial charge in [0.15, 0.2) is 5.58 Å². The van der Waals surface area contributed by atoms with Gasteiger partial charge in [0, 0.05) is 5.39 Å². The van der Waals surface area contributed by atoms with E-state index in [1.807, 2.05) is 12.1 Å². The average Bonchev–Trinajstić information content (AvgIpc) is 2.63. The van der Waals surface area contributed by atoms with Gasteiger partial charge in [-0.15, -0.1) is 0 Å². The van der Waals surface area contributed by atoms with Gasteiger partial charge in [-0.1, -0.05) is 0 Å². The maximum atomic E-state index is 8.82. The summed E-state index contributed by atoms with van der Waals surface area (Å²) < 4.78 is 5.12. The van der Waals surface area contributed by atoms with Crippen LogP contribution in [0.25, 0.3) is 11.0 Å². The lowest BCUT2D eigenvalue weighted by Crippen LogP contribution is -2.15. The van der Waals surface area contributed by atoms with Crippen LogP contribution < -0.4 is 5.73 Å². The van der Waals surface area contributed by atoms with Crippen molar-refractivity contribution in [2.75, 3.05) is 6.61 Å². The first kappa shape index (κ1) is 8.22. The molecule has 0 saturated carbocycles. The standard InChI is InChI=1S/C9H10N2O2/c10-7(5-12)8-3-6-1-2-13-9(6)4-11-8/h1-4,7,12H,5,10H2. The molecular weight excluding hydrogens is 168 g/mol. The molecule has 4 heteroatoms. The summed E-state index contributed by atoms with van der Waals surface area (Å²) in [5.74, 6) is 0. The number of aromatic nitrogens is 1. The summed E-state index contributed by atoms with van der Waals surface area (Å²) in [4.78, 5) is 4.07. The van der Waals surface area contributed by atoms with Gasteiger partial charge >= 0.3 is 0 Å². The Hall–Kier alpha value is -1.39. The monoisotopic (exact) mass is 178 g/mol. The second-order valence-electron chi connectivity index (χ2n) is 2.86. The SMILES string of the molecule is NC(CO)c1cc2ccoc2cn1. The zero-order valence-corrected chi connectivity index (χ0v) is 6.97. The molecule has 2 rings (SSSR count). The maximum Gasteiger partial charge on any atom is 0.152 e. The van der Waals surface area contributed by atoms with Crippen LogP contribution in [0.2, 0.25) is 0 Å². The third kappa shape index (κ3) is 1.41. The second kappa shape index (κ2) is 3.16. The first-order chi connectivity index (χ1) is 6.31. The van der Waals surface area contributed by atoms with Gasteiger partial charge in [-0.2, -0.15) is 0 Å². The molecule has 0 spiro atoms. The number of hydrogen-bond donors (Lipinski definition) is 2. The smallest absolute Gasteiger partial charge is 0.152 e. The summed E-state index contributed by atoms with van der Waals surface area (Å²) in [7, 11) is 0. The topological polar surface area (TPSA) is 72.3 Å². The third-order valence-corrected chi connectivity index (χ3v) is 1.94. The molecule has 0 aliphatic rings. The van der Waals surface area contributed by atoms with Crippen LogP contribution in [0.3, 0.4) is 0 Å². The number of hydrogen-bond acceptors (Lipinski definition) is 4. The summed E-state index contributed by atoms with van der Waals surface area (Å²) in [6.45, 7) is -0.101. The van der Waals surface area contributed by atoms with E-state index in [-0.39, 0.29) is 6.61 Å². The number of rotatable bonds is 2. The lowest BCUT2D eigenvalue weighted by Gasteiger charge is -2.05. The molecule has 13 heavy (non-hydrogen) atoms. The molecule has 0 aromatic carbocycles. The van der Waals surface area contributed by atoms with Gasteiger partial charge in [0.25, 0.3) is 0 Å². The van der Waals surface area contributed by atoms with Crippen LogP contribution in [-0.4, -0.2) is 16.7 Å². The van der Waals surface area contributed by atoms with Crippen molar-refractivity contribution in [3.8, 4) is 0 Å². The van der Waals surface area contributed by atoms with Gasteiger partial charge in [-0.3, -0.25) is 4.98 Å². The fraction of sp³-hybridized carbons (Fsp3) is 0.222. The Kier molecular flexibility index (Phi) is 2.00. The number of aliphatic hydroxyl groups excluding tert-OH is 1. The minimum absolute atomic E-state index is 0.101. The summed E-state index contributed by atoms with van der Waals surface area (Å²) in [5.41, 5.74) is 7.02. The van der Waals surface area contributed by atoms with E-state index in [1.54, 1.807) is 12.5 Å². The van der Waals surface area contributed by atoms with Gasteiger partial charge in [-0.25, -0.2) is 0 Å². The van der Waals surface area contributed by atoms with Crippen LogP contribution >= 0.6 is 0 Å². The zero-order valence-electron chi connectivity index (χ0n) is 6.97. The minimum Gasteiger partial charge on any atom is -0.463 e. The molecule has 0 bridgehead atoms. The highest BCUT2D eigenvalue weighted by Crippen LogP contribution is 2.17. The molecule has 4 nitrogen and oxygen atoms in total. The highest BCUT2D eigenvalue weighted by molar-refractivity contribution is 5.76. The number of nitrogens with zero attached hydrogens (tertiary/aromatic N) is 1. The Morgan fingerprint density at radius 3 is 3.23 bits per heavy atom. The largest absolute Gasteiger partial charge is 0.463 e. The Morgan fingerprint density at radius 1 is 1.62 bits per heavy atom. The molecule has 0 fully saturated rings. The molecule has 0 radical (unpaired) electrons. The Labute approximate surface area is 75.0 Å². The fourth-order valence-electron chi connectivity index (χ4n) is 1.18. The van der Waals surface area contributed by atoms with E-state index in [0.717, 1.165) is 11.0 Å². The Morgan fingerprint density at radius 2 is 2.46 bits per heavy atom. The lowest BCUT2D eigenvalue weighted by atomic mass is 10.2. The van der Waals surface area contributed by atoms with Crippen molar-refractivity contribution in [1.29, 1.82) is 0 Å². The highest BCUT2D eigenvalue weighted by Gasteiger charge is 2.07. The average molecular weight is 178 g/mol. The van der Waals surface area contributed by atoms with Crippen LogP contribution in [0.5, 0.6) is 0 Å². The first-order valence-electron chi connectivity index (χ1n) is 4.01. The van der Waals surface area contributed by atoms with Crippen molar-refractivity contribution in [2.45, 2.75) is 6.04 Å². The fourth-order valence-corrected chi connectivity index (χ4v) is 1.18. The number of furan rings is 1. The van der Waals surface area contributed by atoms with Gasteiger partial charge in [0.2, 0.25) is 0 Å². The van der Waals surface area contributed by atoms with Crippen LogP contribution in [-0.2, 0) is 0 Å². The molecule has 1 unspecified atom stereocenters. The summed E-state index contributed by atoms with van der Waals surface area (Å²) >= 11 is 0. The summed E-state index contributed by atoms with van der Waals surface area (Å²) in [6.07, 6.45) is 3.21. The molecule has 0 amide bonds. The molecule has 2 heterocycles. The van der Waals surface area contributed by atoms with Crippen molar-refractivity contribution in [1.82, 2.24) is 4.98 Å². The third-order valence-electron chi connectivity index (χ3n) is 1.94. The van der Waals surface area contributed by atoms with E-state index >= 15 is 0 Å². The number of fused-ring (bicyclic) bond motifs is 1. The normalized spacial score (nSPS) is 13.4. The van der Waals surface area contributed by atoms with E-state index in [2.05, 4.69) is 4.98 Å². The molecular formula is C9H10N2O2. The summed E-state index contributed by atoms with van der Waals surface area (Å²) in [6, 6.07) is 3.24. The van der Waals surface area contributed by atoms with Crippen LogP contribution in [0, 0.1) is 0 Å². The minimum atomic E-state index is -0.417. The van der Waals surface area contributed by atoms with Gasteiger partial charge in [0.05, 0.1) is 30.8 Å². The second-order valence-corrected chi connectivity index (χ2v) is 2.86. The highest BCUT2D eigenvalue weighted by atomic mass is 16.3. The zero-order chi connectivity index (χ0) is 9.26. The van der Waals surface area contributed by atoms with Crippen LogP contribution in [0.15, 0.2) is 29.0 Å². The number of pyridine rings is 1. The first-order valence-corrected chi connectivity index (χ1v) is 4.01. The summed E-state index contributed by atoms with van der Waals surface area (Å²) in [5, 5.41) is 9.78. The lowest BCUT2D eigenvalue weighted by molar-refractivity contribution is 0.266. The number of aliphatic hydroxyl groups is 1. The Bertz CT molecular complexity index is 411. The van der Waals surface area contributed by atoms with Gasteiger partial charge in [0.1, 0.15) is 0 Å². The number of nitrogens with two attached hydrogens (primary N) is 1. The van der Waals surface area contributed by atoms with E-state index in [0.29, 0.717) is 5.69 Å². The molecule has 0 aliphatic carbocycles. The molecule has 2 aromatic heterocycles. The predicted molar refractivity (Wildman–Crippen MR) is 48.0 cm³/mol. The molecule has 0 aliphatic heterocycles. The quantitative estimate of drug-likeness (QED) is 0.714. The van der Waals surface area contributed by atoms with Crippen molar-refractivity contribution < 1.29 is 9.52 Å². The van der Waals surface area contributed by atoms with Crippen LogP contribution in [0.1, 0.15) is 11.7 Å². The molecule has 68 valence electrons.